The molecule has 0 atom stereocenters. The molecule has 0 aromatic carbocycles. The van der Waals surface area contributed by atoms with Gasteiger partial charge in [0.15, 0.2) is 0 Å². The molecule has 0 aliphatic heterocycles. The highest BCUT2D eigenvalue weighted by Gasteiger charge is 2.16. The van der Waals surface area contributed by atoms with Gasteiger partial charge in [-0.1, -0.05) is 0 Å². The minimum atomic E-state index is 0.171. The van der Waals surface area contributed by atoms with Gasteiger partial charge in [-0.15, -0.1) is 22.7 Å². The molecule has 78 valence electrons. The van der Waals surface area contributed by atoms with E-state index in [0.717, 1.165) is 20.9 Å². The Balaban J connectivity index is 2.45. The van der Waals surface area contributed by atoms with Crippen molar-refractivity contribution in [2.75, 3.05) is 0 Å². The van der Waals surface area contributed by atoms with Crippen molar-refractivity contribution in [2.45, 2.75) is 20.8 Å². The second kappa shape index (κ2) is 3.91. The van der Waals surface area contributed by atoms with Crippen molar-refractivity contribution in [3.05, 3.63) is 43.3 Å². The van der Waals surface area contributed by atoms with E-state index in [1.807, 2.05) is 38.3 Å². The molecule has 2 heterocycles. The average Bonchev–Trinajstić information content (AvgIpc) is 2.71. The van der Waals surface area contributed by atoms with Gasteiger partial charge in [0.2, 0.25) is 5.78 Å². The van der Waals surface area contributed by atoms with Gasteiger partial charge in [0.1, 0.15) is 0 Å². The molecule has 1 nitrogen and oxygen atoms in total. The lowest BCUT2D eigenvalue weighted by atomic mass is 10.1. The van der Waals surface area contributed by atoms with E-state index < -0.39 is 0 Å². The van der Waals surface area contributed by atoms with Crippen molar-refractivity contribution in [1.29, 1.82) is 0 Å². The van der Waals surface area contributed by atoms with Crippen molar-refractivity contribution in [2.24, 2.45) is 0 Å². The van der Waals surface area contributed by atoms with E-state index in [4.69, 9.17) is 0 Å². The molecular weight excluding hydrogens is 224 g/mol. The van der Waals surface area contributed by atoms with Crippen molar-refractivity contribution < 1.29 is 4.79 Å². The van der Waals surface area contributed by atoms with Crippen LogP contribution in [0.5, 0.6) is 0 Å². The van der Waals surface area contributed by atoms with Crippen LogP contribution in [0.4, 0.5) is 0 Å². The predicted octanol–water partition coefficient (Wildman–Crippen LogP) is 3.97. The second-order valence-corrected chi connectivity index (χ2v) is 5.97. The monoisotopic (exact) mass is 236 g/mol. The fourth-order valence-electron chi connectivity index (χ4n) is 1.58. The molecule has 2 rings (SSSR count). The summed E-state index contributed by atoms with van der Waals surface area (Å²) in [7, 11) is 0. The number of carbonyl (C=O) groups is 1. The van der Waals surface area contributed by atoms with Crippen LogP contribution in [-0.4, -0.2) is 5.78 Å². The summed E-state index contributed by atoms with van der Waals surface area (Å²) >= 11 is 3.21. The van der Waals surface area contributed by atoms with Crippen LogP contribution in [0.25, 0.3) is 0 Å². The molecule has 0 aliphatic rings. The van der Waals surface area contributed by atoms with Gasteiger partial charge in [0.25, 0.3) is 0 Å². The van der Waals surface area contributed by atoms with Crippen LogP contribution in [0.15, 0.2) is 17.5 Å². The van der Waals surface area contributed by atoms with Crippen molar-refractivity contribution in [3.8, 4) is 0 Å². The smallest absolute Gasteiger partial charge is 0.204 e. The normalized spacial score (nSPS) is 10.6. The number of thiophene rings is 2. The van der Waals surface area contributed by atoms with Gasteiger partial charge < -0.3 is 0 Å². The number of aryl methyl sites for hydroxylation is 3. The number of hydrogen-bond donors (Lipinski definition) is 0. The van der Waals surface area contributed by atoms with Gasteiger partial charge in [-0.05, 0) is 43.8 Å². The predicted molar refractivity (Wildman–Crippen MR) is 66.3 cm³/mol. The average molecular weight is 236 g/mol. The minimum absolute atomic E-state index is 0.171. The third kappa shape index (κ3) is 1.90. The van der Waals surface area contributed by atoms with E-state index >= 15 is 0 Å². The van der Waals surface area contributed by atoms with Gasteiger partial charge in [-0.2, -0.15) is 0 Å². The van der Waals surface area contributed by atoms with E-state index in [0.29, 0.717) is 0 Å². The standard InChI is InChI=1S/C12H12OS2/c1-7-4-5-14-12(7)11(13)10-6-8(2)15-9(10)3/h4-6H,1-3H3. The first-order chi connectivity index (χ1) is 7.09. The fraction of sp³-hybridized carbons (Fsp3) is 0.250. The Labute approximate surface area is 97.4 Å². The minimum Gasteiger partial charge on any atom is -0.288 e. The first-order valence-electron chi connectivity index (χ1n) is 4.75. The molecule has 2 aromatic heterocycles. The second-order valence-electron chi connectivity index (χ2n) is 3.59. The Morgan fingerprint density at radius 3 is 2.47 bits per heavy atom. The van der Waals surface area contributed by atoms with E-state index in [1.165, 1.54) is 16.2 Å². The highest BCUT2D eigenvalue weighted by atomic mass is 32.1. The highest BCUT2D eigenvalue weighted by Crippen LogP contribution is 2.26. The molecule has 2 aromatic rings. The van der Waals surface area contributed by atoms with E-state index in [9.17, 15) is 4.79 Å². The number of carbonyl (C=O) groups excluding carboxylic acids is 1. The van der Waals surface area contributed by atoms with E-state index in [1.54, 1.807) is 11.3 Å². The largest absolute Gasteiger partial charge is 0.288 e. The molecule has 0 spiro atoms. The molecule has 0 radical (unpaired) electrons. The first kappa shape index (κ1) is 10.6. The zero-order valence-electron chi connectivity index (χ0n) is 8.96. The molecule has 15 heavy (non-hydrogen) atoms. The number of ketones is 1. The third-order valence-electron chi connectivity index (χ3n) is 2.35. The summed E-state index contributed by atoms with van der Waals surface area (Å²) in [6.07, 6.45) is 0. The van der Waals surface area contributed by atoms with Crippen LogP contribution in [0.3, 0.4) is 0 Å². The van der Waals surface area contributed by atoms with E-state index in [2.05, 4.69) is 0 Å². The molecule has 0 saturated carbocycles. The molecule has 0 bridgehead atoms. The lowest BCUT2D eigenvalue weighted by molar-refractivity contribution is 0.104. The fourth-order valence-corrected chi connectivity index (χ4v) is 3.38. The highest BCUT2D eigenvalue weighted by molar-refractivity contribution is 7.13. The maximum Gasteiger partial charge on any atom is 0.204 e. The molecule has 0 aliphatic carbocycles. The maximum atomic E-state index is 12.2. The summed E-state index contributed by atoms with van der Waals surface area (Å²) in [6, 6.07) is 3.98. The topological polar surface area (TPSA) is 17.1 Å². The van der Waals surface area contributed by atoms with Gasteiger partial charge in [0.05, 0.1) is 4.88 Å². The first-order valence-corrected chi connectivity index (χ1v) is 6.45. The number of hydrogen-bond acceptors (Lipinski definition) is 3. The molecule has 0 amide bonds. The Bertz CT molecular complexity index is 505. The Morgan fingerprint density at radius 2 is 2.00 bits per heavy atom. The van der Waals surface area contributed by atoms with Crippen LogP contribution in [0.2, 0.25) is 0 Å². The Hall–Kier alpha value is -0.930. The number of rotatable bonds is 2. The van der Waals surface area contributed by atoms with Crippen LogP contribution in [0, 0.1) is 20.8 Å². The molecule has 0 unspecified atom stereocenters. The van der Waals surface area contributed by atoms with Gasteiger partial charge in [-0.25, -0.2) is 0 Å². The maximum absolute atomic E-state index is 12.2. The van der Waals surface area contributed by atoms with Crippen molar-refractivity contribution in [3.63, 3.8) is 0 Å². The summed E-state index contributed by atoms with van der Waals surface area (Å²) in [6.45, 7) is 6.03. The Kier molecular flexibility index (Phi) is 2.76. The van der Waals surface area contributed by atoms with Crippen LogP contribution in [0.1, 0.15) is 30.6 Å². The molecule has 0 N–H and O–H groups in total. The lowest BCUT2D eigenvalue weighted by Gasteiger charge is -1.97. The van der Waals surface area contributed by atoms with Gasteiger partial charge in [0, 0.05) is 15.3 Å². The Morgan fingerprint density at radius 1 is 1.27 bits per heavy atom. The third-order valence-corrected chi connectivity index (χ3v) is 4.34. The summed E-state index contributed by atoms with van der Waals surface area (Å²) in [5.74, 6) is 0.171. The molecule has 0 fully saturated rings. The van der Waals surface area contributed by atoms with E-state index in [-0.39, 0.29) is 5.78 Å². The van der Waals surface area contributed by atoms with Crippen molar-refractivity contribution >= 4 is 28.5 Å². The lowest BCUT2D eigenvalue weighted by Crippen LogP contribution is -2.00. The summed E-state index contributed by atoms with van der Waals surface area (Å²) < 4.78 is 0. The van der Waals surface area contributed by atoms with Crippen molar-refractivity contribution in [1.82, 2.24) is 0 Å². The zero-order valence-corrected chi connectivity index (χ0v) is 10.6. The SMILES string of the molecule is Cc1cc(C(=O)c2sccc2C)c(C)s1. The summed E-state index contributed by atoms with van der Waals surface area (Å²) in [5.41, 5.74) is 1.94. The van der Waals surface area contributed by atoms with Crippen LogP contribution in [-0.2, 0) is 0 Å². The molecule has 3 heteroatoms. The quantitative estimate of drug-likeness (QED) is 0.721. The van der Waals surface area contributed by atoms with Gasteiger partial charge in [-0.3, -0.25) is 4.79 Å². The van der Waals surface area contributed by atoms with Crippen LogP contribution < -0.4 is 0 Å². The summed E-state index contributed by atoms with van der Waals surface area (Å²) in [4.78, 5) is 15.4. The van der Waals surface area contributed by atoms with Gasteiger partial charge >= 0.3 is 0 Å². The molecular formula is C12H12OS2. The summed E-state index contributed by atoms with van der Waals surface area (Å²) in [5, 5.41) is 1.97. The zero-order chi connectivity index (χ0) is 11.0. The van der Waals surface area contributed by atoms with Crippen LogP contribution >= 0.6 is 22.7 Å². The molecule has 0 saturated heterocycles.